The number of aromatic amines is 1. The van der Waals surface area contributed by atoms with Crippen molar-refractivity contribution < 1.29 is 0 Å². The predicted octanol–water partition coefficient (Wildman–Crippen LogP) is 4.26. The van der Waals surface area contributed by atoms with Gasteiger partial charge in [-0.1, -0.05) is 0 Å². The lowest BCUT2D eigenvalue weighted by Crippen LogP contribution is -2.36. The second-order valence-electron chi connectivity index (χ2n) is 6.96. The van der Waals surface area contributed by atoms with E-state index in [2.05, 4.69) is 44.8 Å². The summed E-state index contributed by atoms with van der Waals surface area (Å²) in [4.78, 5) is 33.7. The minimum atomic E-state index is -0.330. The second kappa shape index (κ2) is 6.07. The van der Waals surface area contributed by atoms with Crippen molar-refractivity contribution in [3.63, 3.8) is 0 Å². The molecule has 140 valence electrons. The summed E-state index contributed by atoms with van der Waals surface area (Å²) in [7, 11) is 3.23. The maximum absolute atomic E-state index is 13.1. The molecule has 0 saturated carbocycles. The maximum atomic E-state index is 13.1. The van der Waals surface area contributed by atoms with Gasteiger partial charge in [0.1, 0.15) is 5.65 Å². The van der Waals surface area contributed by atoms with E-state index in [0.717, 1.165) is 27.3 Å². The normalized spacial score (nSPS) is 11.6. The first-order valence-electron chi connectivity index (χ1n) is 8.67. The molecule has 0 saturated heterocycles. The number of hydrogen-bond acceptors (Lipinski definition) is 4. The van der Waals surface area contributed by atoms with Crippen LogP contribution in [0.2, 0.25) is 0 Å². The van der Waals surface area contributed by atoms with Crippen LogP contribution in [0.15, 0.2) is 21.7 Å². The van der Waals surface area contributed by atoms with Crippen LogP contribution in [0.4, 0.5) is 0 Å². The number of aryl methyl sites for hydroxylation is 5. The molecule has 4 aromatic rings. The Hall–Kier alpha value is -2.38. The van der Waals surface area contributed by atoms with Crippen molar-refractivity contribution in [1.29, 1.82) is 0 Å². The molecule has 0 aliphatic rings. The first-order valence-corrected chi connectivity index (χ1v) is 10.3. The standard InChI is InChI=1S/C20H21N3O2S2/c1-9-7-13(11(3)26-9)15-16-18(22(5)20(25)23(6)19(16)24)21-17(15)14-8-10(2)27-12(14)4/h7-8,21H,1-6H3. The summed E-state index contributed by atoms with van der Waals surface area (Å²) < 4.78 is 2.70. The van der Waals surface area contributed by atoms with Gasteiger partial charge in [-0.05, 0) is 45.4 Å². The van der Waals surface area contributed by atoms with E-state index >= 15 is 0 Å². The highest BCUT2D eigenvalue weighted by Crippen LogP contribution is 2.43. The lowest BCUT2D eigenvalue weighted by molar-refractivity contribution is 0.710. The van der Waals surface area contributed by atoms with E-state index < -0.39 is 0 Å². The number of nitrogens with zero attached hydrogens (tertiary/aromatic N) is 2. The fraction of sp³-hybridized carbons (Fsp3) is 0.300. The lowest BCUT2D eigenvalue weighted by atomic mass is 10.00. The van der Waals surface area contributed by atoms with E-state index in [0.29, 0.717) is 11.0 Å². The van der Waals surface area contributed by atoms with E-state index in [-0.39, 0.29) is 11.2 Å². The van der Waals surface area contributed by atoms with Crippen molar-refractivity contribution >= 4 is 33.7 Å². The molecule has 4 heterocycles. The zero-order valence-electron chi connectivity index (χ0n) is 16.2. The quantitative estimate of drug-likeness (QED) is 0.548. The SMILES string of the molecule is Cc1cc(-c2[nH]c3c(c2-c2cc(C)sc2C)c(=O)n(C)c(=O)n3C)c(C)s1. The molecule has 0 aliphatic heterocycles. The summed E-state index contributed by atoms with van der Waals surface area (Å²) in [5.41, 5.74) is 3.91. The first kappa shape index (κ1) is 18.0. The largest absolute Gasteiger partial charge is 0.340 e. The van der Waals surface area contributed by atoms with Crippen LogP contribution in [-0.4, -0.2) is 14.1 Å². The zero-order chi connectivity index (χ0) is 19.6. The minimum absolute atomic E-state index is 0.265. The highest BCUT2D eigenvalue weighted by atomic mass is 32.1. The summed E-state index contributed by atoms with van der Waals surface area (Å²) in [6.45, 7) is 8.32. The van der Waals surface area contributed by atoms with Crippen LogP contribution < -0.4 is 11.2 Å². The summed E-state index contributed by atoms with van der Waals surface area (Å²) in [5.74, 6) is 0. The number of thiophene rings is 2. The van der Waals surface area contributed by atoms with Crippen molar-refractivity contribution in [1.82, 2.24) is 14.1 Å². The van der Waals surface area contributed by atoms with Gasteiger partial charge < -0.3 is 4.98 Å². The third kappa shape index (κ3) is 2.56. The van der Waals surface area contributed by atoms with Gasteiger partial charge in [-0.15, -0.1) is 22.7 Å². The van der Waals surface area contributed by atoms with E-state index in [9.17, 15) is 9.59 Å². The average molecular weight is 400 g/mol. The van der Waals surface area contributed by atoms with Crippen molar-refractivity contribution in [3.8, 4) is 22.4 Å². The maximum Gasteiger partial charge on any atom is 0.332 e. The van der Waals surface area contributed by atoms with Gasteiger partial charge in [-0.25, -0.2) is 4.79 Å². The fourth-order valence-electron chi connectivity index (χ4n) is 3.75. The summed E-state index contributed by atoms with van der Waals surface area (Å²) >= 11 is 3.45. The van der Waals surface area contributed by atoms with Crippen molar-refractivity contribution in [2.75, 3.05) is 0 Å². The molecule has 0 fully saturated rings. The smallest absolute Gasteiger partial charge is 0.332 e. The minimum Gasteiger partial charge on any atom is -0.340 e. The number of rotatable bonds is 2. The average Bonchev–Trinajstić information content (AvgIpc) is 3.25. The molecule has 5 nitrogen and oxygen atoms in total. The predicted molar refractivity (Wildman–Crippen MR) is 114 cm³/mol. The molecule has 0 bridgehead atoms. The van der Waals surface area contributed by atoms with Crippen LogP contribution in [0.3, 0.4) is 0 Å². The first-order chi connectivity index (χ1) is 12.7. The van der Waals surface area contributed by atoms with Crippen LogP contribution in [-0.2, 0) is 14.1 Å². The Kier molecular flexibility index (Phi) is 4.05. The Balaban J connectivity index is 2.26. The Morgan fingerprint density at radius 1 is 0.852 bits per heavy atom. The monoisotopic (exact) mass is 399 g/mol. The molecule has 27 heavy (non-hydrogen) atoms. The van der Waals surface area contributed by atoms with Crippen molar-refractivity contribution in [3.05, 3.63) is 52.5 Å². The molecule has 0 radical (unpaired) electrons. The van der Waals surface area contributed by atoms with E-state index in [1.165, 1.54) is 30.8 Å². The molecule has 4 aromatic heterocycles. The number of H-pyrrole nitrogens is 1. The van der Waals surface area contributed by atoms with E-state index in [4.69, 9.17) is 0 Å². The van der Waals surface area contributed by atoms with Crippen LogP contribution in [0.1, 0.15) is 19.5 Å². The van der Waals surface area contributed by atoms with Crippen LogP contribution in [0.25, 0.3) is 33.4 Å². The highest BCUT2D eigenvalue weighted by molar-refractivity contribution is 7.12. The molecule has 7 heteroatoms. The Bertz CT molecular complexity index is 1330. The van der Waals surface area contributed by atoms with Gasteiger partial charge in [0.15, 0.2) is 0 Å². The van der Waals surface area contributed by atoms with Crippen molar-refractivity contribution in [2.24, 2.45) is 14.1 Å². The molecule has 0 unspecified atom stereocenters. The fourth-order valence-corrected chi connectivity index (χ4v) is 5.61. The van der Waals surface area contributed by atoms with Gasteiger partial charge in [-0.2, -0.15) is 0 Å². The Morgan fingerprint density at radius 2 is 1.41 bits per heavy atom. The molecule has 1 N–H and O–H groups in total. The van der Waals surface area contributed by atoms with Gasteiger partial charge in [0.2, 0.25) is 0 Å². The van der Waals surface area contributed by atoms with E-state index in [1.807, 2.05) is 0 Å². The second-order valence-corrected chi connectivity index (χ2v) is 9.88. The summed E-state index contributed by atoms with van der Waals surface area (Å²) in [6, 6.07) is 4.27. The van der Waals surface area contributed by atoms with Gasteiger partial charge >= 0.3 is 5.69 Å². The molecule has 4 rings (SSSR count). The third-order valence-corrected chi connectivity index (χ3v) is 6.96. The molecule has 0 aromatic carbocycles. The van der Waals surface area contributed by atoms with Gasteiger partial charge in [0.05, 0.1) is 11.1 Å². The van der Waals surface area contributed by atoms with Crippen LogP contribution >= 0.6 is 22.7 Å². The van der Waals surface area contributed by atoms with Gasteiger partial charge in [0.25, 0.3) is 5.56 Å². The number of hydrogen-bond donors (Lipinski definition) is 1. The van der Waals surface area contributed by atoms with Gasteiger partial charge in [-0.3, -0.25) is 13.9 Å². The lowest BCUT2D eigenvalue weighted by Gasteiger charge is -2.06. The van der Waals surface area contributed by atoms with Crippen LogP contribution in [0.5, 0.6) is 0 Å². The highest BCUT2D eigenvalue weighted by Gasteiger charge is 2.24. The topological polar surface area (TPSA) is 59.8 Å². The van der Waals surface area contributed by atoms with Gasteiger partial charge in [0, 0.05) is 44.7 Å². The molecule has 0 spiro atoms. The van der Waals surface area contributed by atoms with Crippen LogP contribution in [0, 0.1) is 27.7 Å². The number of nitrogens with one attached hydrogen (secondary N) is 1. The van der Waals surface area contributed by atoms with E-state index in [1.54, 1.807) is 29.7 Å². The Labute approximate surface area is 164 Å². The Morgan fingerprint density at radius 3 is 1.93 bits per heavy atom. The van der Waals surface area contributed by atoms with Crippen molar-refractivity contribution in [2.45, 2.75) is 27.7 Å². The molecule has 0 amide bonds. The molecule has 0 atom stereocenters. The third-order valence-electron chi connectivity index (χ3n) is 5.03. The summed E-state index contributed by atoms with van der Waals surface area (Å²) in [6.07, 6.45) is 0. The molecular weight excluding hydrogens is 378 g/mol. The number of aromatic nitrogens is 3. The summed E-state index contributed by atoms with van der Waals surface area (Å²) in [5, 5.41) is 0.568. The number of fused-ring (bicyclic) bond motifs is 1. The zero-order valence-corrected chi connectivity index (χ0v) is 17.8. The molecule has 0 aliphatic carbocycles. The molecular formula is C20H21N3O2S2.